The van der Waals surface area contributed by atoms with E-state index in [1.54, 1.807) is 24.3 Å². The number of halogens is 1. The lowest BCUT2D eigenvalue weighted by Crippen LogP contribution is -2.14. The molecule has 3 nitrogen and oxygen atoms in total. The monoisotopic (exact) mass is 269 g/mol. The molecule has 0 spiro atoms. The van der Waals surface area contributed by atoms with Gasteiger partial charge in [0.05, 0.1) is 11.6 Å². The molecule has 1 heterocycles. The SMILES string of the molecule is Cl.N[C@H](c1cccs1)c1ccccc1C(=O)O. The average Bonchev–Trinajstić information content (AvgIpc) is 2.81. The lowest BCUT2D eigenvalue weighted by Gasteiger charge is -2.12. The summed E-state index contributed by atoms with van der Waals surface area (Å²) in [5.74, 6) is -0.942. The first kappa shape index (κ1) is 13.7. The van der Waals surface area contributed by atoms with Crippen LogP contribution in [0, 0.1) is 0 Å². The van der Waals surface area contributed by atoms with E-state index in [0.29, 0.717) is 5.56 Å². The maximum absolute atomic E-state index is 11.0. The predicted molar refractivity (Wildman–Crippen MR) is 71.0 cm³/mol. The minimum Gasteiger partial charge on any atom is -0.478 e. The minimum absolute atomic E-state index is 0. The Bertz CT molecular complexity index is 499. The van der Waals surface area contributed by atoms with E-state index in [0.717, 1.165) is 4.88 Å². The van der Waals surface area contributed by atoms with Gasteiger partial charge in [0, 0.05) is 4.88 Å². The standard InChI is InChI=1S/C12H11NO2S.ClH/c13-11(10-6-3-7-16-10)8-4-1-2-5-9(8)12(14)15;/h1-7,11H,13H2,(H,14,15);1H/t11-;/m0./s1. The Morgan fingerprint density at radius 2 is 1.94 bits per heavy atom. The molecule has 0 fully saturated rings. The summed E-state index contributed by atoms with van der Waals surface area (Å²) >= 11 is 1.53. The Morgan fingerprint density at radius 1 is 1.24 bits per heavy atom. The van der Waals surface area contributed by atoms with Gasteiger partial charge in [-0.2, -0.15) is 0 Å². The molecule has 5 heteroatoms. The van der Waals surface area contributed by atoms with Gasteiger partial charge in [-0.15, -0.1) is 23.7 Å². The van der Waals surface area contributed by atoms with Gasteiger partial charge >= 0.3 is 5.97 Å². The molecule has 2 rings (SSSR count). The van der Waals surface area contributed by atoms with Crippen molar-refractivity contribution in [3.63, 3.8) is 0 Å². The molecule has 90 valence electrons. The van der Waals surface area contributed by atoms with E-state index in [1.165, 1.54) is 11.3 Å². The molecule has 0 unspecified atom stereocenters. The van der Waals surface area contributed by atoms with E-state index in [-0.39, 0.29) is 24.0 Å². The van der Waals surface area contributed by atoms with Crippen molar-refractivity contribution in [2.75, 3.05) is 0 Å². The summed E-state index contributed by atoms with van der Waals surface area (Å²) in [6, 6.07) is 10.3. The van der Waals surface area contributed by atoms with Crippen LogP contribution in [0.3, 0.4) is 0 Å². The van der Waals surface area contributed by atoms with Crippen LogP contribution in [-0.2, 0) is 0 Å². The highest BCUT2D eigenvalue weighted by Crippen LogP contribution is 2.26. The lowest BCUT2D eigenvalue weighted by molar-refractivity contribution is 0.0695. The fourth-order valence-corrected chi connectivity index (χ4v) is 2.33. The first-order valence-electron chi connectivity index (χ1n) is 4.81. The number of thiophene rings is 1. The second-order valence-electron chi connectivity index (χ2n) is 3.39. The van der Waals surface area contributed by atoms with Crippen molar-refractivity contribution in [1.29, 1.82) is 0 Å². The van der Waals surface area contributed by atoms with Crippen molar-refractivity contribution in [3.8, 4) is 0 Å². The van der Waals surface area contributed by atoms with Crippen LogP contribution in [0.1, 0.15) is 26.8 Å². The third-order valence-electron chi connectivity index (χ3n) is 2.38. The minimum atomic E-state index is -0.942. The highest BCUT2D eigenvalue weighted by atomic mass is 35.5. The summed E-state index contributed by atoms with van der Waals surface area (Å²) in [6.07, 6.45) is 0. The first-order chi connectivity index (χ1) is 7.70. The van der Waals surface area contributed by atoms with Gasteiger partial charge in [0.2, 0.25) is 0 Å². The number of hydrogen-bond acceptors (Lipinski definition) is 3. The summed E-state index contributed by atoms with van der Waals surface area (Å²) in [5, 5.41) is 11.0. The maximum Gasteiger partial charge on any atom is 0.336 e. The molecule has 0 aliphatic rings. The van der Waals surface area contributed by atoms with Crippen LogP contribution >= 0.6 is 23.7 Å². The second kappa shape index (κ2) is 5.82. The van der Waals surface area contributed by atoms with Crippen molar-refractivity contribution < 1.29 is 9.90 Å². The van der Waals surface area contributed by atoms with E-state index in [2.05, 4.69) is 0 Å². The zero-order valence-electron chi connectivity index (χ0n) is 8.87. The number of aromatic carboxylic acids is 1. The smallest absolute Gasteiger partial charge is 0.336 e. The zero-order valence-corrected chi connectivity index (χ0v) is 10.5. The number of rotatable bonds is 3. The van der Waals surface area contributed by atoms with Crippen LogP contribution < -0.4 is 5.73 Å². The van der Waals surface area contributed by atoms with Gasteiger partial charge in [-0.1, -0.05) is 24.3 Å². The highest BCUT2D eigenvalue weighted by molar-refractivity contribution is 7.10. The summed E-state index contributed by atoms with van der Waals surface area (Å²) in [7, 11) is 0. The van der Waals surface area contributed by atoms with Crippen molar-refractivity contribution in [2.45, 2.75) is 6.04 Å². The Kier molecular flexibility index (Phi) is 4.69. The molecule has 0 bridgehead atoms. The summed E-state index contributed by atoms with van der Waals surface area (Å²) in [5.41, 5.74) is 6.96. The number of carboxylic acid groups (broad SMARTS) is 1. The summed E-state index contributed by atoms with van der Waals surface area (Å²) in [6.45, 7) is 0. The molecule has 3 N–H and O–H groups in total. The molecule has 0 aliphatic carbocycles. The third kappa shape index (κ3) is 2.85. The van der Waals surface area contributed by atoms with Crippen LogP contribution in [0.4, 0.5) is 0 Å². The van der Waals surface area contributed by atoms with Crippen LogP contribution in [-0.4, -0.2) is 11.1 Å². The number of nitrogens with two attached hydrogens (primary N) is 1. The van der Waals surface area contributed by atoms with Gasteiger partial charge in [0.25, 0.3) is 0 Å². The van der Waals surface area contributed by atoms with Gasteiger partial charge in [0.15, 0.2) is 0 Å². The Morgan fingerprint density at radius 3 is 2.53 bits per heavy atom. The van der Waals surface area contributed by atoms with Crippen LogP contribution in [0.25, 0.3) is 0 Å². The molecule has 1 aromatic heterocycles. The van der Waals surface area contributed by atoms with Crippen molar-refractivity contribution >= 4 is 29.7 Å². The van der Waals surface area contributed by atoms with Gasteiger partial charge in [-0.3, -0.25) is 0 Å². The molecule has 0 radical (unpaired) electrons. The predicted octanol–water partition coefficient (Wildman–Crippen LogP) is 2.92. The topological polar surface area (TPSA) is 63.3 Å². The van der Waals surface area contributed by atoms with Crippen LogP contribution in [0.5, 0.6) is 0 Å². The number of benzene rings is 1. The summed E-state index contributed by atoms with van der Waals surface area (Å²) in [4.78, 5) is 12.0. The Hall–Kier alpha value is -1.36. The Balaban J connectivity index is 0.00000144. The fourth-order valence-electron chi connectivity index (χ4n) is 1.58. The molecule has 0 saturated heterocycles. The van der Waals surface area contributed by atoms with Crippen molar-refractivity contribution in [2.24, 2.45) is 5.73 Å². The molecule has 0 aliphatic heterocycles. The fraction of sp³-hybridized carbons (Fsp3) is 0.0833. The van der Waals surface area contributed by atoms with E-state index in [4.69, 9.17) is 10.8 Å². The van der Waals surface area contributed by atoms with Crippen LogP contribution in [0.15, 0.2) is 41.8 Å². The highest BCUT2D eigenvalue weighted by Gasteiger charge is 2.17. The third-order valence-corrected chi connectivity index (χ3v) is 3.33. The van der Waals surface area contributed by atoms with E-state index >= 15 is 0 Å². The molecule has 1 aromatic carbocycles. The molecule has 2 aromatic rings. The Labute approximate surface area is 109 Å². The van der Waals surface area contributed by atoms with Gasteiger partial charge < -0.3 is 10.8 Å². The first-order valence-corrected chi connectivity index (χ1v) is 5.69. The van der Waals surface area contributed by atoms with Gasteiger partial charge in [-0.05, 0) is 23.1 Å². The lowest BCUT2D eigenvalue weighted by atomic mass is 10.00. The number of hydrogen-bond donors (Lipinski definition) is 2. The zero-order chi connectivity index (χ0) is 11.5. The molecule has 1 atom stereocenters. The summed E-state index contributed by atoms with van der Waals surface area (Å²) < 4.78 is 0. The molecule has 0 amide bonds. The van der Waals surface area contributed by atoms with E-state index < -0.39 is 5.97 Å². The average molecular weight is 270 g/mol. The number of carboxylic acids is 1. The van der Waals surface area contributed by atoms with E-state index in [9.17, 15) is 4.79 Å². The molecule has 17 heavy (non-hydrogen) atoms. The van der Waals surface area contributed by atoms with Crippen molar-refractivity contribution in [1.82, 2.24) is 0 Å². The molecule has 0 saturated carbocycles. The normalized spacial score (nSPS) is 11.6. The van der Waals surface area contributed by atoms with Crippen LogP contribution in [0.2, 0.25) is 0 Å². The largest absolute Gasteiger partial charge is 0.478 e. The maximum atomic E-state index is 11.0. The molecular weight excluding hydrogens is 258 g/mol. The van der Waals surface area contributed by atoms with Gasteiger partial charge in [-0.25, -0.2) is 4.79 Å². The van der Waals surface area contributed by atoms with Crippen molar-refractivity contribution in [3.05, 3.63) is 57.8 Å². The number of carbonyl (C=O) groups is 1. The molecular formula is C12H12ClNO2S. The van der Waals surface area contributed by atoms with Gasteiger partial charge in [0.1, 0.15) is 0 Å². The second-order valence-corrected chi connectivity index (χ2v) is 4.36. The quantitative estimate of drug-likeness (QED) is 0.901. The van der Waals surface area contributed by atoms with E-state index in [1.807, 2.05) is 17.5 Å².